The van der Waals surface area contributed by atoms with Crippen molar-refractivity contribution in [3.63, 3.8) is 0 Å². The Hall–Kier alpha value is -3.35. The zero-order chi connectivity index (χ0) is 22.1. The number of ether oxygens (including phenoxy) is 2. The molecule has 1 amide bonds. The average molecular weight is 423 g/mol. The molecule has 0 saturated heterocycles. The number of carbonyl (C=O) groups is 1. The number of methoxy groups -OCH3 is 2. The maximum absolute atomic E-state index is 14.5. The second-order valence-electron chi connectivity index (χ2n) is 7.78. The van der Waals surface area contributed by atoms with Crippen LogP contribution in [-0.2, 0) is 13.6 Å². The van der Waals surface area contributed by atoms with Gasteiger partial charge >= 0.3 is 0 Å². The number of halogens is 1. The van der Waals surface area contributed by atoms with E-state index in [4.69, 9.17) is 9.47 Å². The first-order chi connectivity index (χ1) is 14.9. The first kappa shape index (κ1) is 20.9. The van der Waals surface area contributed by atoms with Crippen molar-refractivity contribution in [2.45, 2.75) is 32.4 Å². The van der Waals surface area contributed by atoms with Gasteiger partial charge < -0.3 is 14.4 Å². The molecule has 0 aliphatic heterocycles. The molecule has 1 aliphatic rings. The first-order valence-electron chi connectivity index (χ1n) is 10.2. The van der Waals surface area contributed by atoms with Crippen molar-refractivity contribution in [2.24, 2.45) is 7.05 Å². The van der Waals surface area contributed by atoms with Gasteiger partial charge in [-0.25, -0.2) is 4.68 Å². The lowest BCUT2D eigenvalue weighted by atomic mass is 10.0. The van der Waals surface area contributed by atoms with E-state index in [0.717, 1.165) is 34.2 Å². The molecule has 1 aromatic heterocycles. The molecule has 7 heteroatoms. The van der Waals surface area contributed by atoms with Crippen LogP contribution in [0.5, 0.6) is 11.5 Å². The Morgan fingerprint density at radius 3 is 2.42 bits per heavy atom. The molecule has 31 heavy (non-hydrogen) atoms. The number of nitrogens with zero attached hydrogens (tertiary/aromatic N) is 3. The summed E-state index contributed by atoms with van der Waals surface area (Å²) in [5.41, 5.74) is 3.37. The van der Waals surface area contributed by atoms with Crippen LogP contribution in [-0.4, -0.2) is 40.8 Å². The summed E-state index contributed by atoms with van der Waals surface area (Å²) in [6.07, 6.45) is 1.87. The molecule has 1 saturated carbocycles. The minimum Gasteiger partial charge on any atom is -0.493 e. The molecule has 4 rings (SSSR count). The Bertz CT molecular complexity index is 1100. The van der Waals surface area contributed by atoms with Crippen molar-refractivity contribution < 1.29 is 18.7 Å². The highest BCUT2D eigenvalue weighted by Gasteiger charge is 2.36. The molecule has 1 fully saturated rings. The van der Waals surface area contributed by atoms with Gasteiger partial charge in [-0.2, -0.15) is 9.49 Å². The van der Waals surface area contributed by atoms with Crippen LogP contribution >= 0.6 is 0 Å². The Balaban J connectivity index is 1.59. The number of aryl methyl sites for hydroxylation is 2. The number of amides is 1. The van der Waals surface area contributed by atoms with Gasteiger partial charge in [0.15, 0.2) is 11.5 Å². The summed E-state index contributed by atoms with van der Waals surface area (Å²) in [5.74, 6) is 0.455. The second-order valence-corrected chi connectivity index (χ2v) is 7.78. The van der Waals surface area contributed by atoms with Crippen molar-refractivity contribution in [3.8, 4) is 22.6 Å². The number of para-hydroxylation sites is 1. The molecule has 0 N–H and O–H groups in total. The minimum atomic E-state index is -0.589. The molecule has 1 aliphatic carbocycles. The Morgan fingerprint density at radius 2 is 1.87 bits per heavy atom. The third-order valence-corrected chi connectivity index (χ3v) is 5.64. The van der Waals surface area contributed by atoms with E-state index in [1.807, 2.05) is 42.5 Å². The molecule has 1 heterocycles. The smallest absolute Gasteiger partial charge is 0.260 e. The number of aromatic nitrogens is 2. The fourth-order valence-corrected chi connectivity index (χ4v) is 3.87. The van der Waals surface area contributed by atoms with Crippen LogP contribution in [0.3, 0.4) is 0 Å². The third kappa shape index (κ3) is 4.00. The van der Waals surface area contributed by atoms with Crippen LogP contribution in [0, 0.1) is 12.9 Å². The quantitative estimate of drug-likeness (QED) is 0.567. The molecule has 0 unspecified atom stereocenters. The van der Waals surface area contributed by atoms with Crippen LogP contribution in [0.25, 0.3) is 11.1 Å². The van der Waals surface area contributed by atoms with Gasteiger partial charge in [-0.1, -0.05) is 36.4 Å². The fraction of sp³-hybridized carbons (Fsp3) is 0.333. The van der Waals surface area contributed by atoms with Gasteiger partial charge in [0.1, 0.15) is 5.56 Å². The summed E-state index contributed by atoms with van der Waals surface area (Å²) < 4.78 is 26.5. The van der Waals surface area contributed by atoms with Gasteiger partial charge in [-0.3, -0.25) is 4.79 Å². The summed E-state index contributed by atoms with van der Waals surface area (Å²) in [6, 6.07) is 13.9. The van der Waals surface area contributed by atoms with Crippen molar-refractivity contribution in [3.05, 3.63) is 65.2 Å². The first-order valence-corrected chi connectivity index (χ1v) is 10.2. The number of hydrogen-bond donors (Lipinski definition) is 0. The third-order valence-electron chi connectivity index (χ3n) is 5.64. The van der Waals surface area contributed by atoms with E-state index in [9.17, 15) is 9.18 Å². The van der Waals surface area contributed by atoms with Crippen LogP contribution in [0.2, 0.25) is 0 Å². The molecule has 0 atom stereocenters. The summed E-state index contributed by atoms with van der Waals surface area (Å²) in [6.45, 7) is 2.09. The standard InChI is InChI=1S/C24H26FN3O3/c1-15-21(23(25)27(2)26-15)24(29)28(18-12-13-18)14-16-8-10-17(11-9-16)19-6-5-7-20(30-3)22(19)31-4/h5-11,18H,12-14H2,1-4H3. The van der Waals surface area contributed by atoms with Crippen LogP contribution in [0.1, 0.15) is 34.5 Å². The number of hydrogen-bond acceptors (Lipinski definition) is 4. The highest BCUT2D eigenvalue weighted by atomic mass is 19.1. The largest absolute Gasteiger partial charge is 0.493 e. The lowest BCUT2D eigenvalue weighted by Gasteiger charge is -2.22. The van der Waals surface area contributed by atoms with Gasteiger partial charge in [-0.05, 0) is 37.0 Å². The normalized spacial score (nSPS) is 13.2. The minimum absolute atomic E-state index is 0.0622. The van der Waals surface area contributed by atoms with E-state index in [-0.39, 0.29) is 17.5 Å². The van der Waals surface area contributed by atoms with Crippen LogP contribution in [0.15, 0.2) is 42.5 Å². The van der Waals surface area contributed by atoms with E-state index in [0.29, 0.717) is 23.7 Å². The van der Waals surface area contributed by atoms with Gasteiger partial charge in [0.2, 0.25) is 5.95 Å². The molecule has 0 bridgehead atoms. The molecule has 3 aromatic rings. The van der Waals surface area contributed by atoms with E-state index in [1.54, 1.807) is 26.0 Å². The molecule has 2 aromatic carbocycles. The SMILES string of the molecule is COc1cccc(-c2ccc(CN(C(=O)c3c(C)nn(C)c3F)C3CC3)cc2)c1OC. The summed E-state index contributed by atoms with van der Waals surface area (Å²) in [4.78, 5) is 14.9. The molecule has 162 valence electrons. The maximum Gasteiger partial charge on any atom is 0.260 e. The van der Waals surface area contributed by atoms with Crippen molar-refractivity contribution in [1.82, 2.24) is 14.7 Å². The topological polar surface area (TPSA) is 56.6 Å². The number of rotatable bonds is 7. The molecule has 0 spiro atoms. The zero-order valence-electron chi connectivity index (χ0n) is 18.2. The number of carbonyl (C=O) groups excluding carboxylic acids is 1. The molecular weight excluding hydrogens is 397 g/mol. The Kier molecular flexibility index (Phi) is 5.67. The maximum atomic E-state index is 14.5. The average Bonchev–Trinajstić information content (AvgIpc) is 3.58. The fourth-order valence-electron chi connectivity index (χ4n) is 3.87. The Labute approximate surface area is 181 Å². The highest BCUT2D eigenvalue weighted by molar-refractivity contribution is 5.95. The molecule has 6 nitrogen and oxygen atoms in total. The Morgan fingerprint density at radius 1 is 1.16 bits per heavy atom. The summed E-state index contributed by atoms with van der Waals surface area (Å²) in [7, 11) is 4.74. The second kappa shape index (κ2) is 8.41. The predicted molar refractivity (Wildman–Crippen MR) is 116 cm³/mol. The van der Waals surface area contributed by atoms with E-state index in [1.165, 1.54) is 7.05 Å². The van der Waals surface area contributed by atoms with Crippen molar-refractivity contribution in [2.75, 3.05) is 14.2 Å². The molecule has 0 radical (unpaired) electrons. The van der Waals surface area contributed by atoms with E-state index >= 15 is 0 Å². The monoisotopic (exact) mass is 423 g/mol. The van der Waals surface area contributed by atoms with Gasteiger partial charge in [0.05, 0.1) is 19.9 Å². The van der Waals surface area contributed by atoms with Gasteiger partial charge in [-0.15, -0.1) is 0 Å². The summed E-state index contributed by atoms with van der Waals surface area (Å²) in [5, 5.41) is 4.05. The van der Waals surface area contributed by atoms with Gasteiger partial charge in [0.25, 0.3) is 5.91 Å². The van der Waals surface area contributed by atoms with E-state index < -0.39 is 5.95 Å². The van der Waals surface area contributed by atoms with Gasteiger partial charge in [0, 0.05) is 25.2 Å². The van der Waals surface area contributed by atoms with Crippen LogP contribution < -0.4 is 9.47 Å². The highest BCUT2D eigenvalue weighted by Crippen LogP contribution is 2.38. The predicted octanol–water partition coefficient (Wildman–Crippen LogP) is 4.36. The lowest BCUT2D eigenvalue weighted by Crippen LogP contribution is -2.33. The lowest BCUT2D eigenvalue weighted by molar-refractivity contribution is 0.0723. The molecular formula is C24H26FN3O3. The zero-order valence-corrected chi connectivity index (χ0v) is 18.2. The number of benzene rings is 2. The van der Waals surface area contributed by atoms with Crippen molar-refractivity contribution >= 4 is 5.91 Å². The van der Waals surface area contributed by atoms with Crippen LogP contribution in [0.4, 0.5) is 4.39 Å². The van der Waals surface area contributed by atoms with Crippen molar-refractivity contribution in [1.29, 1.82) is 0 Å². The van der Waals surface area contributed by atoms with E-state index in [2.05, 4.69) is 5.10 Å². The summed E-state index contributed by atoms with van der Waals surface area (Å²) >= 11 is 0.